The fourth-order valence-electron chi connectivity index (χ4n) is 1.57. The molecular weight excluding hydrogens is 301 g/mol. The molecule has 0 radical (unpaired) electrons. The molecule has 0 fully saturated rings. The molecule has 0 aliphatic heterocycles. The van der Waals surface area contributed by atoms with Crippen LogP contribution in [0.3, 0.4) is 0 Å². The van der Waals surface area contributed by atoms with Crippen LogP contribution in [0, 0.1) is 5.82 Å². The van der Waals surface area contributed by atoms with Crippen molar-refractivity contribution in [2.75, 3.05) is 13.2 Å². The van der Waals surface area contributed by atoms with Gasteiger partial charge in [-0.2, -0.15) is 0 Å². The maximum atomic E-state index is 13.0. The molecule has 2 rings (SSSR count). The first-order chi connectivity index (χ1) is 8.69. The molecule has 0 saturated carbocycles. The van der Waals surface area contributed by atoms with E-state index in [1.165, 1.54) is 12.1 Å². The molecule has 2 N–H and O–H groups in total. The molecule has 1 heterocycles. The van der Waals surface area contributed by atoms with Crippen molar-refractivity contribution in [1.29, 1.82) is 0 Å². The van der Waals surface area contributed by atoms with Crippen LogP contribution in [0.15, 0.2) is 45.5 Å². The van der Waals surface area contributed by atoms with Crippen molar-refractivity contribution < 1.29 is 13.5 Å². The van der Waals surface area contributed by atoms with Crippen LogP contribution in [0.4, 0.5) is 4.39 Å². The standard InChI is InChI=1S/C13H13BrFNO2/c14-13-5-4-12(18-13)9(7-16)8-17-11-3-1-2-10(15)6-11/h1-6,9H,7-8,16H2. The lowest BCUT2D eigenvalue weighted by molar-refractivity contribution is 0.270. The van der Waals surface area contributed by atoms with Gasteiger partial charge in [-0.25, -0.2) is 4.39 Å². The second-order valence-electron chi connectivity index (χ2n) is 3.84. The molecule has 18 heavy (non-hydrogen) atoms. The summed E-state index contributed by atoms with van der Waals surface area (Å²) in [5.74, 6) is 0.858. The minimum absolute atomic E-state index is 0.0560. The van der Waals surface area contributed by atoms with Crippen LogP contribution in [0.5, 0.6) is 5.75 Å². The Morgan fingerprint density at radius 3 is 2.78 bits per heavy atom. The van der Waals surface area contributed by atoms with Gasteiger partial charge in [0.1, 0.15) is 17.3 Å². The predicted molar refractivity (Wildman–Crippen MR) is 70.1 cm³/mol. The zero-order valence-electron chi connectivity index (χ0n) is 9.61. The molecule has 0 spiro atoms. The molecule has 0 aliphatic carbocycles. The first-order valence-corrected chi connectivity index (χ1v) is 6.32. The molecule has 5 heteroatoms. The maximum Gasteiger partial charge on any atom is 0.169 e. The Morgan fingerprint density at radius 1 is 1.33 bits per heavy atom. The Morgan fingerprint density at radius 2 is 2.17 bits per heavy atom. The lowest BCUT2D eigenvalue weighted by Crippen LogP contribution is -2.19. The van der Waals surface area contributed by atoms with Gasteiger partial charge in [0.25, 0.3) is 0 Å². The molecule has 0 amide bonds. The molecule has 0 bridgehead atoms. The second-order valence-corrected chi connectivity index (χ2v) is 4.62. The van der Waals surface area contributed by atoms with Crippen molar-refractivity contribution in [2.24, 2.45) is 5.73 Å². The van der Waals surface area contributed by atoms with Gasteiger partial charge in [-0.3, -0.25) is 0 Å². The van der Waals surface area contributed by atoms with Crippen LogP contribution in [0.25, 0.3) is 0 Å². The van der Waals surface area contributed by atoms with Crippen molar-refractivity contribution in [2.45, 2.75) is 5.92 Å². The lowest BCUT2D eigenvalue weighted by Gasteiger charge is -2.13. The number of benzene rings is 1. The van der Waals surface area contributed by atoms with Gasteiger partial charge in [-0.1, -0.05) is 6.07 Å². The van der Waals surface area contributed by atoms with E-state index in [9.17, 15) is 4.39 Å². The molecule has 1 unspecified atom stereocenters. The molecule has 0 saturated heterocycles. The van der Waals surface area contributed by atoms with E-state index in [4.69, 9.17) is 14.9 Å². The van der Waals surface area contributed by atoms with Crippen molar-refractivity contribution in [3.05, 3.63) is 52.6 Å². The Labute approximate surface area is 113 Å². The van der Waals surface area contributed by atoms with Gasteiger partial charge in [0.15, 0.2) is 4.67 Å². The molecule has 0 aliphatic rings. The Hall–Kier alpha value is -1.33. The first-order valence-electron chi connectivity index (χ1n) is 5.52. The highest BCUT2D eigenvalue weighted by molar-refractivity contribution is 9.10. The topological polar surface area (TPSA) is 48.4 Å². The molecule has 1 atom stereocenters. The SMILES string of the molecule is NCC(COc1cccc(F)c1)c1ccc(Br)o1. The Balaban J connectivity index is 1.99. The van der Waals surface area contributed by atoms with Gasteiger partial charge >= 0.3 is 0 Å². The number of furan rings is 1. The molecule has 2 aromatic rings. The third-order valence-electron chi connectivity index (χ3n) is 2.53. The third-order valence-corrected chi connectivity index (χ3v) is 2.95. The summed E-state index contributed by atoms with van der Waals surface area (Å²) in [6.07, 6.45) is 0. The minimum atomic E-state index is -0.322. The highest BCUT2D eigenvalue weighted by atomic mass is 79.9. The van der Waals surface area contributed by atoms with Crippen molar-refractivity contribution in [3.63, 3.8) is 0 Å². The minimum Gasteiger partial charge on any atom is -0.493 e. The van der Waals surface area contributed by atoms with Crippen LogP contribution in [0.1, 0.15) is 11.7 Å². The summed E-state index contributed by atoms with van der Waals surface area (Å²) in [4.78, 5) is 0. The fourth-order valence-corrected chi connectivity index (χ4v) is 1.89. The normalized spacial score (nSPS) is 12.4. The van der Waals surface area contributed by atoms with E-state index in [-0.39, 0.29) is 11.7 Å². The van der Waals surface area contributed by atoms with Crippen molar-refractivity contribution in [1.82, 2.24) is 0 Å². The van der Waals surface area contributed by atoms with Crippen LogP contribution in [-0.2, 0) is 0 Å². The summed E-state index contributed by atoms with van der Waals surface area (Å²) in [6, 6.07) is 9.67. The molecule has 96 valence electrons. The lowest BCUT2D eigenvalue weighted by atomic mass is 10.1. The number of hydrogen-bond acceptors (Lipinski definition) is 3. The van der Waals surface area contributed by atoms with Gasteiger partial charge in [-0.15, -0.1) is 0 Å². The van der Waals surface area contributed by atoms with Crippen LogP contribution in [0.2, 0.25) is 0 Å². The largest absolute Gasteiger partial charge is 0.493 e. The van der Waals surface area contributed by atoms with E-state index in [0.717, 1.165) is 5.76 Å². The highest BCUT2D eigenvalue weighted by Crippen LogP contribution is 2.23. The summed E-state index contributed by atoms with van der Waals surface area (Å²) in [5.41, 5.74) is 5.68. The van der Waals surface area contributed by atoms with Crippen molar-refractivity contribution >= 4 is 15.9 Å². The van der Waals surface area contributed by atoms with Gasteiger partial charge < -0.3 is 14.9 Å². The van der Waals surface area contributed by atoms with E-state index >= 15 is 0 Å². The maximum absolute atomic E-state index is 13.0. The summed E-state index contributed by atoms with van der Waals surface area (Å²) >= 11 is 3.24. The Bertz CT molecular complexity index is 515. The number of rotatable bonds is 5. The number of halogens is 2. The summed E-state index contributed by atoms with van der Waals surface area (Å²) in [7, 11) is 0. The third kappa shape index (κ3) is 3.34. The van der Waals surface area contributed by atoms with Crippen LogP contribution >= 0.6 is 15.9 Å². The van der Waals surface area contributed by atoms with E-state index in [0.29, 0.717) is 23.6 Å². The fraction of sp³-hybridized carbons (Fsp3) is 0.231. The van der Waals surface area contributed by atoms with E-state index in [2.05, 4.69) is 15.9 Å². The van der Waals surface area contributed by atoms with Crippen LogP contribution < -0.4 is 10.5 Å². The molecule has 1 aromatic heterocycles. The number of hydrogen-bond donors (Lipinski definition) is 1. The van der Waals surface area contributed by atoms with Gasteiger partial charge in [0.05, 0.1) is 12.5 Å². The Kier molecular flexibility index (Phi) is 4.38. The summed E-state index contributed by atoms with van der Waals surface area (Å²) in [5, 5.41) is 0. The smallest absolute Gasteiger partial charge is 0.169 e. The predicted octanol–water partition coefficient (Wildman–Crippen LogP) is 3.30. The summed E-state index contributed by atoms with van der Waals surface area (Å²) in [6.45, 7) is 0.745. The van der Waals surface area contributed by atoms with Gasteiger partial charge in [0.2, 0.25) is 0 Å². The van der Waals surface area contributed by atoms with Gasteiger partial charge in [0, 0.05) is 12.6 Å². The first kappa shape index (κ1) is 13.1. The average Bonchev–Trinajstić information content (AvgIpc) is 2.77. The average molecular weight is 314 g/mol. The van der Waals surface area contributed by atoms with E-state index < -0.39 is 0 Å². The quantitative estimate of drug-likeness (QED) is 0.921. The molecule has 3 nitrogen and oxygen atoms in total. The molecule has 1 aromatic carbocycles. The zero-order chi connectivity index (χ0) is 13.0. The van der Waals surface area contributed by atoms with Crippen molar-refractivity contribution in [3.8, 4) is 5.75 Å². The monoisotopic (exact) mass is 313 g/mol. The van der Waals surface area contributed by atoms with Crippen LogP contribution in [-0.4, -0.2) is 13.2 Å². The highest BCUT2D eigenvalue weighted by Gasteiger charge is 2.14. The van der Waals surface area contributed by atoms with E-state index in [1.807, 2.05) is 6.07 Å². The van der Waals surface area contributed by atoms with E-state index in [1.54, 1.807) is 18.2 Å². The number of ether oxygens (including phenoxy) is 1. The van der Waals surface area contributed by atoms with Gasteiger partial charge in [-0.05, 0) is 40.2 Å². The molecular formula is C13H13BrFNO2. The summed E-state index contributed by atoms with van der Waals surface area (Å²) < 4.78 is 24.6. The second kappa shape index (κ2) is 6.02. The zero-order valence-corrected chi connectivity index (χ0v) is 11.2. The number of nitrogens with two attached hydrogens (primary N) is 1.